The highest BCUT2D eigenvalue weighted by Crippen LogP contribution is 2.12. The minimum atomic E-state index is -0.351. The number of nitrogens with one attached hydrogen (secondary N) is 2. The van der Waals surface area contributed by atoms with E-state index >= 15 is 0 Å². The molecule has 0 radical (unpaired) electrons. The Morgan fingerprint density at radius 3 is 2.80 bits per heavy atom. The van der Waals surface area contributed by atoms with Gasteiger partial charge in [-0.25, -0.2) is 4.79 Å². The number of carbonyl (C=O) groups excluding carboxylic acids is 1. The number of methoxy groups -OCH3 is 1. The van der Waals surface area contributed by atoms with E-state index in [2.05, 4.69) is 15.4 Å². The molecular formula is C14H18N2O3S. The minimum Gasteiger partial charge on any atom is -0.465 e. The standard InChI is InChI=1S/C14H18N2O3S/c1-18-13(17)10-4-6-11(7-5-10)16-14(20)15-9-12-3-2-8-19-12/h4-7,12H,2-3,8-9H2,1H3,(H2,15,16,20). The fourth-order valence-corrected chi connectivity index (χ4v) is 2.20. The molecule has 1 atom stereocenters. The Labute approximate surface area is 123 Å². The lowest BCUT2D eigenvalue weighted by Gasteiger charge is -2.14. The second kappa shape index (κ2) is 7.21. The smallest absolute Gasteiger partial charge is 0.337 e. The normalized spacial score (nSPS) is 17.6. The summed E-state index contributed by atoms with van der Waals surface area (Å²) in [5, 5.41) is 6.74. The highest BCUT2D eigenvalue weighted by atomic mass is 32.1. The first-order valence-corrected chi connectivity index (χ1v) is 6.94. The number of esters is 1. The van der Waals surface area contributed by atoms with Crippen molar-refractivity contribution in [2.75, 3.05) is 25.6 Å². The molecule has 1 fully saturated rings. The molecule has 0 spiro atoms. The summed E-state index contributed by atoms with van der Waals surface area (Å²) in [7, 11) is 1.36. The van der Waals surface area contributed by atoms with E-state index in [0.29, 0.717) is 17.2 Å². The van der Waals surface area contributed by atoms with Crippen LogP contribution in [-0.2, 0) is 9.47 Å². The Morgan fingerprint density at radius 1 is 1.45 bits per heavy atom. The second-order valence-electron chi connectivity index (χ2n) is 4.54. The van der Waals surface area contributed by atoms with Crippen LogP contribution in [0.2, 0.25) is 0 Å². The number of anilines is 1. The summed E-state index contributed by atoms with van der Waals surface area (Å²) in [5.74, 6) is -0.351. The molecule has 1 heterocycles. The number of hydrogen-bond acceptors (Lipinski definition) is 4. The Bertz CT molecular complexity index is 470. The molecule has 5 nitrogen and oxygen atoms in total. The van der Waals surface area contributed by atoms with E-state index < -0.39 is 0 Å². The van der Waals surface area contributed by atoms with Crippen LogP contribution in [0.3, 0.4) is 0 Å². The maximum atomic E-state index is 11.3. The Kier molecular flexibility index (Phi) is 5.31. The lowest BCUT2D eigenvalue weighted by Crippen LogP contribution is -2.34. The lowest BCUT2D eigenvalue weighted by molar-refractivity contribution is 0.0601. The van der Waals surface area contributed by atoms with Crippen LogP contribution in [0.4, 0.5) is 5.69 Å². The van der Waals surface area contributed by atoms with Crippen molar-refractivity contribution < 1.29 is 14.3 Å². The lowest BCUT2D eigenvalue weighted by atomic mass is 10.2. The van der Waals surface area contributed by atoms with Crippen LogP contribution in [0.5, 0.6) is 0 Å². The van der Waals surface area contributed by atoms with Gasteiger partial charge in [-0.05, 0) is 49.3 Å². The first-order chi connectivity index (χ1) is 9.69. The summed E-state index contributed by atoms with van der Waals surface area (Å²) in [5.41, 5.74) is 1.33. The number of ether oxygens (including phenoxy) is 2. The third-order valence-electron chi connectivity index (χ3n) is 3.08. The van der Waals surface area contributed by atoms with Gasteiger partial charge in [0, 0.05) is 18.8 Å². The van der Waals surface area contributed by atoms with Gasteiger partial charge in [0.05, 0.1) is 18.8 Å². The number of hydrogen-bond donors (Lipinski definition) is 2. The number of carbonyl (C=O) groups is 1. The van der Waals surface area contributed by atoms with Crippen molar-refractivity contribution in [2.45, 2.75) is 18.9 Å². The molecule has 20 heavy (non-hydrogen) atoms. The van der Waals surface area contributed by atoms with Gasteiger partial charge < -0.3 is 20.1 Å². The molecule has 1 aromatic rings. The molecule has 0 aromatic heterocycles. The highest BCUT2D eigenvalue weighted by molar-refractivity contribution is 7.80. The van der Waals surface area contributed by atoms with Crippen molar-refractivity contribution in [1.82, 2.24) is 5.32 Å². The molecule has 6 heteroatoms. The van der Waals surface area contributed by atoms with E-state index in [9.17, 15) is 4.79 Å². The molecule has 0 bridgehead atoms. The number of benzene rings is 1. The predicted octanol–water partition coefficient (Wildman–Crippen LogP) is 1.94. The second-order valence-corrected chi connectivity index (χ2v) is 4.95. The van der Waals surface area contributed by atoms with Gasteiger partial charge in [0.15, 0.2) is 5.11 Å². The topological polar surface area (TPSA) is 59.6 Å². The summed E-state index contributed by atoms with van der Waals surface area (Å²) in [6.45, 7) is 1.55. The fourth-order valence-electron chi connectivity index (χ4n) is 1.99. The van der Waals surface area contributed by atoms with Crippen molar-refractivity contribution in [1.29, 1.82) is 0 Å². The number of rotatable bonds is 4. The Balaban J connectivity index is 1.80. The first kappa shape index (κ1) is 14.7. The van der Waals surface area contributed by atoms with Crippen LogP contribution in [0.15, 0.2) is 24.3 Å². The van der Waals surface area contributed by atoms with Crippen molar-refractivity contribution in [3.63, 3.8) is 0 Å². The van der Waals surface area contributed by atoms with E-state index in [4.69, 9.17) is 17.0 Å². The Morgan fingerprint density at radius 2 is 2.20 bits per heavy atom. The summed E-state index contributed by atoms with van der Waals surface area (Å²) in [6, 6.07) is 6.95. The van der Waals surface area contributed by atoms with E-state index in [1.54, 1.807) is 24.3 Å². The average Bonchev–Trinajstić information content (AvgIpc) is 2.98. The molecule has 2 N–H and O–H groups in total. The largest absolute Gasteiger partial charge is 0.465 e. The van der Waals surface area contributed by atoms with Crippen LogP contribution in [0.1, 0.15) is 23.2 Å². The molecule has 1 unspecified atom stereocenters. The Hall–Kier alpha value is -1.66. The molecule has 1 aromatic carbocycles. The minimum absolute atomic E-state index is 0.247. The van der Waals surface area contributed by atoms with Gasteiger partial charge in [-0.2, -0.15) is 0 Å². The molecule has 0 saturated carbocycles. The van der Waals surface area contributed by atoms with Crippen LogP contribution >= 0.6 is 12.2 Å². The van der Waals surface area contributed by atoms with Crippen molar-refractivity contribution in [3.05, 3.63) is 29.8 Å². The third-order valence-corrected chi connectivity index (χ3v) is 3.32. The zero-order chi connectivity index (χ0) is 14.4. The van der Waals surface area contributed by atoms with Crippen LogP contribution in [-0.4, -0.2) is 37.4 Å². The number of thiocarbonyl (C=S) groups is 1. The van der Waals surface area contributed by atoms with Gasteiger partial charge in [-0.15, -0.1) is 0 Å². The van der Waals surface area contributed by atoms with Gasteiger partial charge in [0.2, 0.25) is 0 Å². The van der Waals surface area contributed by atoms with E-state index in [1.807, 2.05) is 0 Å². The van der Waals surface area contributed by atoms with E-state index in [1.165, 1.54) is 7.11 Å². The molecule has 1 aliphatic heterocycles. The van der Waals surface area contributed by atoms with Crippen LogP contribution in [0.25, 0.3) is 0 Å². The van der Waals surface area contributed by atoms with Gasteiger partial charge >= 0.3 is 5.97 Å². The third kappa shape index (κ3) is 4.18. The molecule has 0 amide bonds. The molecule has 1 saturated heterocycles. The average molecular weight is 294 g/mol. The summed E-state index contributed by atoms with van der Waals surface area (Å²) < 4.78 is 10.1. The molecule has 2 rings (SSSR count). The predicted molar refractivity (Wildman–Crippen MR) is 81.0 cm³/mol. The summed E-state index contributed by atoms with van der Waals surface area (Å²) in [4.78, 5) is 11.3. The van der Waals surface area contributed by atoms with Gasteiger partial charge in [-0.1, -0.05) is 0 Å². The fraction of sp³-hybridized carbons (Fsp3) is 0.429. The monoisotopic (exact) mass is 294 g/mol. The zero-order valence-corrected chi connectivity index (χ0v) is 12.2. The summed E-state index contributed by atoms with van der Waals surface area (Å²) >= 11 is 5.21. The van der Waals surface area contributed by atoms with Crippen LogP contribution < -0.4 is 10.6 Å². The molecule has 108 valence electrons. The van der Waals surface area contributed by atoms with Crippen molar-refractivity contribution >= 4 is 29.0 Å². The highest BCUT2D eigenvalue weighted by Gasteiger charge is 2.15. The molecular weight excluding hydrogens is 276 g/mol. The maximum absolute atomic E-state index is 11.3. The van der Waals surface area contributed by atoms with Gasteiger partial charge in [0.1, 0.15) is 0 Å². The van der Waals surface area contributed by atoms with Gasteiger partial charge in [0.25, 0.3) is 0 Å². The van der Waals surface area contributed by atoms with Gasteiger partial charge in [-0.3, -0.25) is 0 Å². The van der Waals surface area contributed by atoms with E-state index in [-0.39, 0.29) is 12.1 Å². The maximum Gasteiger partial charge on any atom is 0.337 e. The molecule has 1 aliphatic rings. The molecule has 0 aliphatic carbocycles. The van der Waals surface area contributed by atoms with Crippen molar-refractivity contribution in [3.8, 4) is 0 Å². The SMILES string of the molecule is COC(=O)c1ccc(NC(=S)NCC2CCCO2)cc1. The zero-order valence-electron chi connectivity index (χ0n) is 11.3. The van der Waals surface area contributed by atoms with Crippen LogP contribution in [0, 0.1) is 0 Å². The van der Waals surface area contributed by atoms with Crippen molar-refractivity contribution in [2.24, 2.45) is 0 Å². The quantitative estimate of drug-likeness (QED) is 0.654. The first-order valence-electron chi connectivity index (χ1n) is 6.54. The summed E-state index contributed by atoms with van der Waals surface area (Å²) in [6.07, 6.45) is 2.43. The van der Waals surface area contributed by atoms with E-state index in [0.717, 1.165) is 25.1 Å².